The Hall–Kier alpha value is -3.16. The zero-order chi connectivity index (χ0) is 21.0. The van der Waals surface area contributed by atoms with Crippen LogP contribution in [0.5, 0.6) is 0 Å². The molecule has 29 heavy (non-hydrogen) atoms. The maximum Gasteiger partial charge on any atom is 0.271 e. The molecule has 3 aromatic rings. The smallest absolute Gasteiger partial charge is 0.271 e. The van der Waals surface area contributed by atoms with Crippen LogP contribution in [0.3, 0.4) is 0 Å². The van der Waals surface area contributed by atoms with E-state index < -0.39 is 5.91 Å². The third-order valence-corrected chi connectivity index (χ3v) is 4.99. The molecular formula is C20H17Cl2N5O2. The van der Waals surface area contributed by atoms with Gasteiger partial charge in [-0.1, -0.05) is 47.5 Å². The van der Waals surface area contributed by atoms with Crippen LogP contribution in [0.4, 0.5) is 5.82 Å². The first-order valence-electron chi connectivity index (χ1n) is 8.56. The number of amides is 2. The Bertz CT molecular complexity index is 1090. The fourth-order valence-electron chi connectivity index (χ4n) is 2.70. The van der Waals surface area contributed by atoms with Crippen molar-refractivity contribution in [2.75, 3.05) is 5.73 Å². The molecule has 7 nitrogen and oxygen atoms in total. The van der Waals surface area contributed by atoms with Crippen molar-refractivity contribution in [3.05, 3.63) is 86.8 Å². The summed E-state index contributed by atoms with van der Waals surface area (Å²) >= 11 is 12.1. The minimum absolute atomic E-state index is 0.0194. The van der Waals surface area contributed by atoms with Crippen LogP contribution in [0, 0.1) is 0 Å². The fourth-order valence-corrected chi connectivity index (χ4v) is 3.08. The number of hydrogen-bond donors (Lipinski definition) is 3. The van der Waals surface area contributed by atoms with Crippen LogP contribution in [-0.2, 0) is 13.0 Å². The number of carbonyl (C=O) groups excluding carboxylic acids is 2. The fraction of sp³-hybridized carbons (Fsp3) is 0.100. The van der Waals surface area contributed by atoms with Gasteiger partial charge in [0.1, 0.15) is 0 Å². The average Bonchev–Trinajstić information content (AvgIpc) is 2.70. The van der Waals surface area contributed by atoms with Crippen LogP contribution in [0.25, 0.3) is 0 Å². The van der Waals surface area contributed by atoms with Gasteiger partial charge in [-0.05, 0) is 29.3 Å². The molecule has 0 fully saturated rings. The molecule has 0 radical (unpaired) electrons. The highest BCUT2D eigenvalue weighted by molar-refractivity contribution is 6.42. The number of nitrogens with two attached hydrogens (primary N) is 2. The van der Waals surface area contributed by atoms with Gasteiger partial charge in [0.2, 0.25) is 0 Å². The van der Waals surface area contributed by atoms with Crippen LogP contribution in [0.1, 0.15) is 37.7 Å². The zero-order valence-corrected chi connectivity index (χ0v) is 16.7. The molecule has 2 aromatic carbocycles. The van der Waals surface area contributed by atoms with E-state index in [9.17, 15) is 9.59 Å². The van der Waals surface area contributed by atoms with Crippen molar-refractivity contribution in [3.8, 4) is 0 Å². The summed E-state index contributed by atoms with van der Waals surface area (Å²) in [5, 5.41) is 3.66. The quantitative estimate of drug-likeness (QED) is 0.555. The zero-order valence-electron chi connectivity index (χ0n) is 15.2. The molecule has 0 aliphatic rings. The van der Waals surface area contributed by atoms with Gasteiger partial charge in [-0.25, -0.2) is 9.97 Å². The number of primary amides is 1. The number of nitrogen functional groups attached to an aromatic ring is 1. The molecule has 0 atom stereocenters. The van der Waals surface area contributed by atoms with Crippen molar-refractivity contribution < 1.29 is 9.59 Å². The molecule has 148 valence electrons. The average molecular weight is 430 g/mol. The molecule has 9 heteroatoms. The lowest BCUT2D eigenvalue weighted by molar-refractivity contribution is 0.0949. The van der Waals surface area contributed by atoms with Gasteiger partial charge in [0.15, 0.2) is 11.5 Å². The lowest BCUT2D eigenvalue weighted by Gasteiger charge is -2.09. The first-order valence-corrected chi connectivity index (χ1v) is 9.32. The third kappa shape index (κ3) is 5.01. The second kappa shape index (κ2) is 8.89. The Morgan fingerprint density at radius 1 is 1.10 bits per heavy atom. The Balaban J connectivity index is 1.72. The predicted molar refractivity (Wildman–Crippen MR) is 112 cm³/mol. The van der Waals surface area contributed by atoms with Crippen LogP contribution >= 0.6 is 23.2 Å². The Morgan fingerprint density at radius 3 is 2.62 bits per heavy atom. The number of carbonyl (C=O) groups is 2. The van der Waals surface area contributed by atoms with Crippen molar-refractivity contribution in [2.45, 2.75) is 13.0 Å². The number of benzene rings is 2. The van der Waals surface area contributed by atoms with E-state index in [1.54, 1.807) is 36.4 Å². The van der Waals surface area contributed by atoms with Gasteiger partial charge in [-0.2, -0.15) is 0 Å². The molecule has 0 aliphatic heterocycles. The van der Waals surface area contributed by atoms with Crippen molar-refractivity contribution >= 4 is 40.8 Å². The lowest BCUT2D eigenvalue weighted by atomic mass is 10.1. The minimum Gasteiger partial charge on any atom is -0.382 e. The molecule has 0 aliphatic carbocycles. The maximum absolute atomic E-state index is 12.5. The topological polar surface area (TPSA) is 124 Å². The van der Waals surface area contributed by atoms with Gasteiger partial charge in [0.05, 0.1) is 21.9 Å². The first kappa shape index (κ1) is 20.6. The molecule has 0 bridgehead atoms. The molecule has 0 saturated heterocycles. The van der Waals surface area contributed by atoms with Crippen LogP contribution < -0.4 is 16.8 Å². The predicted octanol–water partition coefficient (Wildman–Crippen LogP) is 2.99. The van der Waals surface area contributed by atoms with Crippen molar-refractivity contribution in [1.82, 2.24) is 15.3 Å². The first-order chi connectivity index (χ1) is 13.8. The summed E-state index contributed by atoms with van der Waals surface area (Å²) < 4.78 is 0. The number of rotatable bonds is 6. The molecule has 0 unspecified atom stereocenters. The van der Waals surface area contributed by atoms with E-state index in [4.69, 9.17) is 34.7 Å². The summed E-state index contributed by atoms with van der Waals surface area (Å²) in [6.45, 7) is 0.244. The van der Waals surface area contributed by atoms with Crippen LogP contribution in [-0.4, -0.2) is 21.8 Å². The molecule has 2 amide bonds. The highest BCUT2D eigenvalue weighted by Crippen LogP contribution is 2.25. The molecule has 1 heterocycles. The number of nitrogens with one attached hydrogen (secondary N) is 1. The summed E-state index contributed by atoms with van der Waals surface area (Å²) in [4.78, 5) is 32.0. The summed E-state index contributed by atoms with van der Waals surface area (Å²) in [5.41, 5.74) is 13.3. The molecular weight excluding hydrogens is 413 g/mol. The monoisotopic (exact) mass is 429 g/mol. The Kier molecular flexibility index (Phi) is 6.31. The van der Waals surface area contributed by atoms with E-state index >= 15 is 0 Å². The Labute approximate surface area is 177 Å². The van der Waals surface area contributed by atoms with Crippen LogP contribution in [0.2, 0.25) is 10.0 Å². The van der Waals surface area contributed by atoms with Gasteiger partial charge >= 0.3 is 0 Å². The van der Waals surface area contributed by atoms with Crippen LogP contribution in [0.15, 0.2) is 48.7 Å². The number of halogens is 2. The summed E-state index contributed by atoms with van der Waals surface area (Å²) in [5.74, 6) is -1.03. The van der Waals surface area contributed by atoms with E-state index in [1.807, 2.05) is 6.07 Å². The minimum atomic E-state index is -0.746. The second-order valence-corrected chi connectivity index (χ2v) is 7.02. The normalized spacial score (nSPS) is 10.6. The summed E-state index contributed by atoms with van der Waals surface area (Å²) in [6.07, 6.45) is 1.82. The highest BCUT2D eigenvalue weighted by atomic mass is 35.5. The van der Waals surface area contributed by atoms with Crippen molar-refractivity contribution in [2.24, 2.45) is 5.73 Å². The van der Waals surface area contributed by atoms with Gasteiger partial charge in [0, 0.05) is 18.5 Å². The van der Waals surface area contributed by atoms with Crippen molar-refractivity contribution in [1.29, 1.82) is 0 Å². The SMILES string of the molecule is NC(=O)c1nc(Cc2cccc(C(=O)NCc3cccc(Cl)c3Cl)c2)cnc1N. The van der Waals surface area contributed by atoms with E-state index in [1.165, 1.54) is 6.20 Å². The van der Waals surface area contributed by atoms with Gasteiger partial charge in [-0.3, -0.25) is 9.59 Å². The number of anilines is 1. The molecule has 3 rings (SSSR count). The number of hydrogen-bond acceptors (Lipinski definition) is 5. The molecule has 0 saturated carbocycles. The van der Waals surface area contributed by atoms with E-state index in [2.05, 4.69) is 15.3 Å². The highest BCUT2D eigenvalue weighted by Gasteiger charge is 2.12. The van der Waals surface area contributed by atoms with Gasteiger partial charge in [0.25, 0.3) is 11.8 Å². The number of nitrogens with zero attached hydrogens (tertiary/aromatic N) is 2. The maximum atomic E-state index is 12.5. The third-order valence-electron chi connectivity index (χ3n) is 4.13. The van der Waals surface area contributed by atoms with Gasteiger partial charge in [-0.15, -0.1) is 0 Å². The van der Waals surface area contributed by atoms with E-state index in [0.29, 0.717) is 27.7 Å². The largest absolute Gasteiger partial charge is 0.382 e. The summed E-state index contributed by atoms with van der Waals surface area (Å²) in [6, 6.07) is 12.3. The van der Waals surface area contributed by atoms with Crippen molar-refractivity contribution in [3.63, 3.8) is 0 Å². The standard InChI is InChI=1S/C20H17Cl2N5O2/c21-15-6-2-5-13(16(15)22)9-26-20(29)12-4-1-3-11(7-12)8-14-10-25-18(23)17(27-14)19(24)28/h1-7,10H,8-9H2,(H2,23,25)(H2,24,28)(H,26,29). The Morgan fingerprint density at radius 2 is 1.86 bits per heavy atom. The molecule has 5 N–H and O–H groups in total. The molecule has 0 spiro atoms. The van der Waals surface area contributed by atoms with E-state index in [0.717, 1.165) is 11.1 Å². The number of aromatic nitrogens is 2. The van der Waals surface area contributed by atoms with Gasteiger partial charge < -0.3 is 16.8 Å². The van der Waals surface area contributed by atoms with E-state index in [-0.39, 0.29) is 24.0 Å². The lowest BCUT2D eigenvalue weighted by Crippen LogP contribution is -2.23. The second-order valence-electron chi connectivity index (χ2n) is 6.23. The summed E-state index contributed by atoms with van der Waals surface area (Å²) in [7, 11) is 0. The molecule has 1 aromatic heterocycles.